The van der Waals surface area contributed by atoms with E-state index in [0.717, 1.165) is 20.5 Å². The van der Waals surface area contributed by atoms with Gasteiger partial charge in [-0.15, -0.1) is 0 Å². The summed E-state index contributed by atoms with van der Waals surface area (Å²) in [6.45, 7) is 1.89. The SMILES string of the molecule is Cc1cc(C(=O)O)ccc1Nc1ccccc1I. The summed E-state index contributed by atoms with van der Waals surface area (Å²) in [5.74, 6) is -0.904. The van der Waals surface area contributed by atoms with Crippen molar-refractivity contribution in [1.82, 2.24) is 0 Å². The molecule has 0 amide bonds. The van der Waals surface area contributed by atoms with Crippen molar-refractivity contribution in [3.8, 4) is 0 Å². The molecule has 0 heterocycles. The molecule has 0 saturated heterocycles. The van der Waals surface area contributed by atoms with E-state index in [1.807, 2.05) is 31.2 Å². The van der Waals surface area contributed by atoms with Gasteiger partial charge in [0.2, 0.25) is 0 Å². The highest BCUT2D eigenvalue weighted by atomic mass is 127. The number of hydrogen-bond acceptors (Lipinski definition) is 2. The van der Waals surface area contributed by atoms with Crippen molar-refractivity contribution in [1.29, 1.82) is 0 Å². The normalized spacial score (nSPS) is 10.1. The van der Waals surface area contributed by atoms with Crippen molar-refractivity contribution < 1.29 is 9.90 Å². The maximum atomic E-state index is 10.9. The van der Waals surface area contributed by atoms with E-state index in [4.69, 9.17) is 5.11 Å². The number of carbonyl (C=O) groups is 1. The summed E-state index contributed by atoms with van der Waals surface area (Å²) in [7, 11) is 0. The summed E-state index contributed by atoms with van der Waals surface area (Å²) < 4.78 is 1.12. The Hall–Kier alpha value is -1.56. The largest absolute Gasteiger partial charge is 0.478 e. The second kappa shape index (κ2) is 5.39. The van der Waals surface area contributed by atoms with E-state index in [2.05, 4.69) is 27.9 Å². The van der Waals surface area contributed by atoms with Gasteiger partial charge in [-0.1, -0.05) is 12.1 Å². The van der Waals surface area contributed by atoms with Crippen molar-refractivity contribution >= 4 is 39.9 Å². The Morgan fingerprint density at radius 2 is 1.89 bits per heavy atom. The first-order chi connectivity index (χ1) is 8.58. The van der Waals surface area contributed by atoms with Crippen molar-refractivity contribution in [2.45, 2.75) is 6.92 Å². The molecule has 2 N–H and O–H groups in total. The highest BCUT2D eigenvalue weighted by Gasteiger charge is 2.06. The smallest absolute Gasteiger partial charge is 0.335 e. The first kappa shape index (κ1) is 12.9. The van der Waals surface area contributed by atoms with Crippen molar-refractivity contribution in [3.63, 3.8) is 0 Å². The molecular formula is C14H12INO2. The molecule has 2 aromatic carbocycles. The number of aryl methyl sites for hydroxylation is 1. The molecule has 0 aliphatic carbocycles. The summed E-state index contributed by atoms with van der Waals surface area (Å²) in [6.07, 6.45) is 0. The Morgan fingerprint density at radius 1 is 1.17 bits per heavy atom. The quantitative estimate of drug-likeness (QED) is 0.819. The number of nitrogens with one attached hydrogen (secondary N) is 1. The number of carboxylic acid groups (broad SMARTS) is 1. The molecule has 92 valence electrons. The second-order valence-electron chi connectivity index (χ2n) is 3.94. The maximum absolute atomic E-state index is 10.9. The third kappa shape index (κ3) is 2.81. The number of para-hydroxylation sites is 1. The fourth-order valence-corrected chi connectivity index (χ4v) is 2.17. The van der Waals surface area contributed by atoms with Gasteiger partial charge >= 0.3 is 5.97 Å². The molecule has 0 unspecified atom stereocenters. The zero-order valence-electron chi connectivity index (χ0n) is 9.77. The molecule has 0 spiro atoms. The van der Waals surface area contributed by atoms with E-state index in [0.29, 0.717) is 5.56 Å². The van der Waals surface area contributed by atoms with Crippen LogP contribution in [0, 0.1) is 10.5 Å². The van der Waals surface area contributed by atoms with Gasteiger partial charge in [0.15, 0.2) is 0 Å². The lowest BCUT2D eigenvalue weighted by molar-refractivity contribution is 0.0697. The summed E-state index contributed by atoms with van der Waals surface area (Å²) in [6, 6.07) is 13.0. The van der Waals surface area contributed by atoms with Crippen LogP contribution in [0.4, 0.5) is 11.4 Å². The Bertz CT molecular complexity index is 596. The van der Waals surface area contributed by atoms with Gasteiger partial charge in [-0.05, 0) is 65.4 Å². The van der Waals surface area contributed by atoms with Gasteiger partial charge in [-0.2, -0.15) is 0 Å². The van der Waals surface area contributed by atoms with E-state index in [-0.39, 0.29) is 0 Å². The molecule has 0 atom stereocenters. The van der Waals surface area contributed by atoms with Gasteiger partial charge < -0.3 is 10.4 Å². The molecule has 4 heteroatoms. The molecule has 0 bridgehead atoms. The topological polar surface area (TPSA) is 49.3 Å². The van der Waals surface area contributed by atoms with Gasteiger partial charge in [-0.25, -0.2) is 4.79 Å². The third-order valence-electron chi connectivity index (χ3n) is 2.62. The molecule has 0 aliphatic rings. The summed E-state index contributed by atoms with van der Waals surface area (Å²) in [5, 5.41) is 12.2. The molecule has 3 nitrogen and oxygen atoms in total. The summed E-state index contributed by atoms with van der Waals surface area (Å²) in [5.41, 5.74) is 3.16. The lowest BCUT2D eigenvalue weighted by Gasteiger charge is -2.11. The molecule has 0 aromatic heterocycles. The van der Waals surface area contributed by atoms with Crippen LogP contribution in [0.3, 0.4) is 0 Å². The van der Waals surface area contributed by atoms with Crippen LogP contribution in [0.2, 0.25) is 0 Å². The van der Waals surface area contributed by atoms with Crippen molar-refractivity contribution in [2.75, 3.05) is 5.32 Å². The van der Waals surface area contributed by atoms with Crippen LogP contribution >= 0.6 is 22.6 Å². The van der Waals surface area contributed by atoms with Crippen LogP contribution in [-0.4, -0.2) is 11.1 Å². The van der Waals surface area contributed by atoms with Gasteiger partial charge in [0.25, 0.3) is 0 Å². The lowest BCUT2D eigenvalue weighted by Crippen LogP contribution is -2.00. The second-order valence-corrected chi connectivity index (χ2v) is 5.10. The molecule has 0 saturated carbocycles. The minimum absolute atomic E-state index is 0.306. The predicted molar refractivity (Wildman–Crippen MR) is 80.6 cm³/mol. The number of aromatic carboxylic acids is 1. The van der Waals surface area contributed by atoms with Crippen LogP contribution in [-0.2, 0) is 0 Å². The van der Waals surface area contributed by atoms with Crippen LogP contribution in [0.1, 0.15) is 15.9 Å². The van der Waals surface area contributed by atoms with Gasteiger partial charge in [0.05, 0.1) is 11.3 Å². The Labute approximate surface area is 119 Å². The summed E-state index contributed by atoms with van der Waals surface area (Å²) >= 11 is 2.26. The highest BCUT2D eigenvalue weighted by molar-refractivity contribution is 14.1. The number of anilines is 2. The zero-order valence-corrected chi connectivity index (χ0v) is 11.9. The Kier molecular flexibility index (Phi) is 3.86. The van der Waals surface area contributed by atoms with E-state index in [9.17, 15) is 4.79 Å². The van der Waals surface area contributed by atoms with Gasteiger partial charge in [0, 0.05) is 9.26 Å². The fraction of sp³-hybridized carbons (Fsp3) is 0.0714. The minimum Gasteiger partial charge on any atom is -0.478 e. The summed E-state index contributed by atoms with van der Waals surface area (Å²) in [4.78, 5) is 10.9. The average Bonchev–Trinajstić information content (AvgIpc) is 2.34. The average molecular weight is 353 g/mol. The molecule has 0 fully saturated rings. The number of benzene rings is 2. The number of rotatable bonds is 3. The van der Waals surface area contributed by atoms with E-state index >= 15 is 0 Å². The Morgan fingerprint density at radius 3 is 2.50 bits per heavy atom. The zero-order chi connectivity index (χ0) is 13.1. The van der Waals surface area contributed by atoms with Crippen LogP contribution in [0.15, 0.2) is 42.5 Å². The minimum atomic E-state index is -0.904. The van der Waals surface area contributed by atoms with E-state index < -0.39 is 5.97 Å². The number of carboxylic acids is 1. The third-order valence-corrected chi connectivity index (χ3v) is 3.56. The first-order valence-electron chi connectivity index (χ1n) is 5.43. The Balaban J connectivity index is 2.30. The molecule has 18 heavy (non-hydrogen) atoms. The standard InChI is InChI=1S/C14H12INO2/c1-9-8-10(14(17)18)6-7-12(9)16-13-5-3-2-4-11(13)15/h2-8,16H,1H3,(H,17,18). The number of hydrogen-bond donors (Lipinski definition) is 2. The maximum Gasteiger partial charge on any atom is 0.335 e. The van der Waals surface area contributed by atoms with Crippen molar-refractivity contribution in [3.05, 3.63) is 57.2 Å². The van der Waals surface area contributed by atoms with Crippen LogP contribution in [0.5, 0.6) is 0 Å². The van der Waals surface area contributed by atoms with Gasteiger partial charge in [0.1, 0.15) is 0 Å². The molecule has 2 rings (SSSR count). The highest BCUT2D eigenvalue weighted by Crippen LogP contribution is 2.25. The monoisotopic (exact) mass is 353 g/mol. The fourth-order valence-electron chi connectivity index (χ4n) is 1.64. The predicted octanol–water partition coefficient (Wildman–Crippen LogP) is 4.04. The van der Waals surface area contributed by atoms with E-state index in [1.165, 1.54) is 0 Å². The first-order valence-corrected chi connectivity index (χ1v) is 6.51. The van der Waals surface area contributed by atoms with Gasteiger partial charge in [-0.3, -0.25) is 0 Å². The number of halogens is 1. The van der Waals surface area contributed by atoms with E-state index in [1.54, 1.807) is 18.2 Å². The lowest BCUT2D eigenvalue weighted by atomic mass is 10.1. The molecule has 2 aromatic rings. The molecule has 0 aliphatic heterocycles. The molecule has 0 radical (unpaired) electrons. The molecular weight excluding hydrogens is 341 g/mol. The van der Waals surface area contributed by atoms with Crippen LogP contribution in [0.25, 0.3) is 0 Å². The van der Waals surface area contributed by atoms with Crippen LogP contribution < -0.4 is 5.32 Å². The van der Waals surface area contributed by atoms with Crippen molar-refractivity contribution in [2.24, 2.45) is 0 Å².